The van der Waals surface area contributed by atoms with Crippen molar-refractivity contribution in [3.8, 4) is 0 Å². The second-order valence-corrected chi connectivity index (χ2v) is 7.24. The second kappa shape index (κ2) is 7.55. The molecule has 0 saturated heterocycles. The molecular weight excluding hydrogens is 312 g/mol. The number of thioether (sulfide) groups is 1. The van der Waals surface area contributed by atoms with Crippen LogP contribution in [-0.4, -0.2) is 33.8 Å². The van der Waals surface area contributed by atoms with Crippen LogP contribution in [-0.2, 0) is 9.59 Å². The zero-order chi connectivity index (χ0) is 17.0. The Morgan fingerprint density at radius 2 is 2.09 bits per heavy atom. The highest BCUT2D eigenvalue weighted by Crippen LogP contribution is 2.35. The molecule has 0 aliphatic heterocycles. The summed E-state index contributed by atoms with van der Waals surface area (Å²) in [4.78, 5) is 27.2. The van der Waals surface area contributed by atoms with Gasteiger partial charge in [-0.3, -0.25) is 9.59 Å². The molecule has 1 unspecified atom stereocenters. The monoisotopic (exact) mass is 334 g/mol. The Morgan fingerprint density at radius 1 is 1.35 bits per heavy atom. The number of aliphatic carboxylic acids is 1. The fourth-order valence-corrected chi connectivity index (χ4v) is 3.98. The van der Waals surface area contributed by atoms with Gasteiger partial charge in [0, 0.05) is 22.0 Å². The van der Waals surface area contributed by atoms with E-state index in [1.165, 1.54) is 11.8 Å². The van der Waals surface area contributed by atoms with Crippen LogP contribution in [0.1, 0.15) is 25.8 Å². The van der Waals surface area contributed by atoms with Crippen LogP contribution < -0.4 is 5.32 Å². The molecule has 2 rings (SSSR count). The number of carbonyl (C=O) groups excluding carboxylic acids is 1. The Bertz CT molecular complexity index is 709. The van der Waals surface area contributed by atoms with Crippen molar-refractivity contribution in [2.24, 2.45) is 5.92 Å². The van der Waals surface area contributed by atoms with Crippen LogP contribution in [0, 0.1) is 12.8 Å². The van der Waals surface area contributed by atoms with Gasteiger partial charge in [-0.25, -0.2) is 0 Å². The first-order chi connectivity index (χ1) is 10.9. The molecule has 0 saturated carbocycles. The van der Waals surface area contributed by atoms with Crippen molar-refractivity contribution in [2.45, 2.75) is 37.3 Å². The number of benzene rings is 1. The van der Waals surface area contributed by atoms with Crippen molar-refractivity contribution in [3.63, 3.8) is 0 Å². The van der Waals surface area contributed by atoms with E-state index in [9.17, 15) is 9.59 Å². The molecule has 1 atom stereocenters. The summed E-state index contributed by atoms with van der Waals surface area (Å²) in [5, 5.41) is 12.0. The molecule has 23 heavy (non-hydrogen) atoms. The quantitative estimate of drug-likeness (QED) is 0.679. The van der Waals surface area contributed by atoms with Crippen molar-refractivity contribution in [1.82, 2.24) is 10.3 Å². The molecule has 1 amide bonds. The van der Waals surface area contributed by atoms with Crippen molar-refractivity contribution in [3.05, 3.63) is 30.0 Å². The third kappa shape index (κ3) is 4.51. The maximum Gasteiger partial charge on any atom is 0.322 e. The molecule has 0 aliphatic carbocycles. The number of aromatic amines is 1. The number of amides is 1. The minimum Gasteiger partial charge on any atom is -0.480 e. The van der Waals surface area contributed by atoms with Gasteiger partial charge in [0.1, 0.15) is 6.54 Å². The molecule has 6 heteroatoms. The molecule has 0 spiro atoms. The number of nitrogens with one attached hydrogen (secondary N) is 2. The predicted molar refractivity (Wildman–Crippen MR) is 92.8 cm³/mol. The Labute approximate surface area is 139 Å². The van der Waals surface area contributed by atoms with Gasteiger partial charge >= 0.3 is 5.97 Å². The van der Waals surface area contributed by atoms with E-state index in [4.69, 9.17) is 5.11 Å². The molecule has 0 aliphatic rings. The van der Waals surface area contributed by atoms with Crippen molar-refractivity contribution < 1.29 is 14.7 Å². The number of aryl methyl sites for hydroxylation is 1. The molecule has 0 radical (unpaired) electrons. The highest BCUT2D eigenvalue weighted by atomic mass is 32.2. The standard InChI is InChI=1S/C17H22N2O3S/c1-10(2)7-13(17(22)19-9-15(20)21)23-14-8-18-12-6-4-5-11(3)16(12)14/h4-6,8,10,13,18H,7,9H2,1-3H3,(H,19,22)(H,20,21). The highest BCUT2D eigenvalue weighted by Gasteiger charge is 2.23. The number of carbonyl (C=O) groups is 2. The molecule has 3 N–H and O–H groups in total. The minimum absolute atomic E-state index is 0.228. The summed E-state index contributed by atoms with van der Waals surface area (Å²) in [5.74, 6) is -0.919. The largest absolute Gasteiger partial charge is 0.480 e. The van der Waals surface area contributed by atoms with E-state index in [1.807, 2.05) is 31.3 Å². The van der Waals surface area contributed by atoms with Gasteiger partial charge in [-0.05, 0) is 30.9 Å². The van der Waals surface area contributed by atoms with Gasteiger partial charge in [-0.1, -0.05) is 26.0 Å². The summed E-state index contributed by atoms with van der Waals surface area (Å²) in [6, 6.07) is 6.05. The van der Waals surface area contributed by atoms with Crippen LogP contribution in [0.3, 0.4) is 0 Å². The molecule has 0 fully saturated rings. The Balaban J connectivity index is 2.22. The normalized spacial score (nSPS) is 12.5. The fourth-order valence-electron chi connectivity index (χ4n) is 2.49. The number of hydrogen-bond acceptors (Lipinski definition) is 3. The van der Waals surface area contributed by atoms with Crippen LogP contribution in [0.2, 0.25) is 0 Å². The third-order valence-electron chi connectivity index (χ3n) is 3.54. The first kappa shape index (κ1) is 17.4. The van der Waals surface area contributed by atoms with E-state index in [0.29, 0.717) is 12.3 Å². The maximum absolute atomic E-state index is 12.3. The van der Waals surface area contributed by atoms with Crippen LogP contribution in [0.25, 0.3) is 10.9 Å². The lowest BCUT2D eigenvalue weighted by Crippen LogP contribution is -2.36. The van der Waals surface area contributed by atoms with Gasteiger partial charge < -0.3 is 15.4 Å². The Kier molecular flexibility index (Phi) is 5.71. The number of rotatable bonds is 7. The number of fused-ring (bicyclic) bond motifs is 1. The molecule has 1 heterocycles. The number of carboxylic acid groups (broad SMARTS) is 1. The minimum atomic E-state index is -1.03. The van der Waals surface area contributed by atoms with Crippen molar-refractivity contribution in [1.29, 1.82) is 0 Å². The van der Waals surface area contributed by atoms with Gasteiger partial charge in [0.15, 0.2) is 0 Å². The fraction of sp³-hybridized carbons (Fsp3) is 0.412. The summed E-state index contributed by atoms with van der Waals surface area (Å²) in [6.45, 7) is 5.81. The van der Waals surface area contributed by atoms with Gasteiger partial charge in [0.2, 0.25) is 5.91 Å². The lowest BCUT2D eigenvalue weighted by atomic mass is 10.1. The Morgan fingerprint density at radius 3 is 2.74 bits per heavy atom. The van der Waals surface area contributed by atoms with Crippen molar-refractivity contribution >= 4 is 34.5 Å². The van der Waals surface area contributed by atoms with Gasteiger partial charge in [-0.15, -0.1) is 11.8 Å². The maximum atomic E-state index is 12.3. The number of hydrogen-bond donors (Lipinski definition) is 3. The van der Waals surface area contributed by atoms with E-state index >= 15 is 0 Å². The third-order valence-corrected chi connectivity index (χ3v) is 4.81. The summed E-state index contributed by atoms with van der Waals surface area (Å²) in [6.07, 6.45) is 2.61. The lowest BCUT2D eigenvalue weighted by Gasteiger charge is -2.17. The van der Waals surface area contributed by atoms with E-state index < -0.39 is 5.97 Å². The highest BCUT2D eigenvalue weighted by molar-refractivity contribution is 8.00. The summed E-state index contributed by atoms with van der Waals surface area (Å²) >= 11 is 1.49. The first-order valence-electron chi connectivity index (χ1n) is 7.61. The molecular formula is C17H22N2O3S. The smallest absolute Gasteiger partial charge is 0.322 e. The number of aromatic nitrogens is 1. The second-order valence-electron chi connectivity index (χ2n) is 6.00. The van der Waals surface area contributed by atoms with Crippen LogP contribution in [0.4, 0.5) is 0 Å². The zero-order valence-electron chi connectivity index (χ0n) is 13.6. The van der Waals surface area contributed by atoms with E-state index in [1.54, 1.807) is 0 Å². The van der Waals surface area contributed by atoms with Gasteiger partial charge in [0.25, 0.3) is 0 Å². The molecule has 1 aromatic heterocycles. The Hall–Kier alpha value is -1.95. The summed E-state index contributed by atoms with van der Waals surface area (Å²) in [5.41, 5.74) is 2.20. The molecule has 2 aromatic rings. The summed E-state index contributed by atoms with van der Waals surface area (Å²) < 4.78 is 0. The van der Waals surface area contributed by atoms with Gasteiger partial charge in [-0.2, -0.15) is 0 Å². The number of H-pyrrole nitrogens is 1. The lowest BCUT2D eigenvalue weighted by molar-refractivity contribution is -0.137. The average molecular weight is 334 g/mol. The summed E-state index contributed by atoms with van der Waals surface area (Å²) in [7, 11) is 0. The van der Waals surface area contributed by atoms with Gasteiger partial charge in [0.05, 0.1) is 5.25 Å². The van der Waals surface area contributed by atoms with E-state index in [-0.39, 0.29) is 17.7 Å². The molecule has 0 bridgehead atoms. The van der Waals surface area contributed by atoms with Crippen LogP contribution in [0.5, 0.6) is 0 Å². The van der Waals surface area contributed by atoms with Crippen LogP contribution in [0.15, 0.2) is 29.3 Å². The SMILES string of the molecule is Cc1cccc2[nH]cc(SC(CC(C)C)C(=O)NCC(=O)O)c12. The zero-order valence-corrected chi connectivity index (χ0v) is 14.4. The topological polar surface area (TPSA) is 82.2 Å². The van der Waals surface area contributed by atoms with E-state index in [2.05, 4.69) is 24.1 Å². The number of carboxylic acids is 1. The molecule has 1 aromatic carbocycles. The molecule has 124 valence electrons. The van der Waals surface area contributed by atoms with Crippen LogP contribution >= 0.6 is 11.8 Å². The predicted octanol–water partition coefficient (Wildman–Crippen LogP) is 3.18. The first-order valence-corrected chi connectivity index (χ1v) is 8.49. The average Bonchev–Trinajstić information content (AvgIpc) is 2.88. The van der Waals surface area contributed by atoms with Crippen molar-refractivity contribution in [2.75, 3.05) is 6.54 Å². The molecule has 5 nitrogen and oxygen atoms in total. The van der Waals surface area contributed by atoms with E-state index in [0.717, 1.165) is 21.4 Å².